The Labute approximate surface area is 114 Å². The summed E-state index contributed by atoms with van der Waals surface area (Å²) in [6.45, 7) is 6.13. The summed E-state index contributed by atoms with van der Waals surface area (Å²) in [4.78, 5) is 4.35. The first-order valence-corrected chi connectivity index (χ1v) is 6.56. The number of hydrogen-bond acceptors (Lipinski definition) is 3. The van der Waals surface area contributed by atoms with E-state index in [4.69, 9.17) is 10.5 Å². The molecule has 0 aliphatic rings. The maximum atomic E-state index is 5.94. The van der Waals surface area contributed by atoms with Gasteiger partial charge < -0.3 is 10.5 Å². The van der Waals surface area contributed by atoms with Gasteiger partial charge in [0.1, 0.15) is 11.5 Å². The first-order chi connectivity index (χ1) is 9.10. The standard InChI is InChI=1S/C16H20N2O/c1-4-14(17)15-8-7-13(10-18-15)19-16-9-11(2)5-6-12(16)3/h5-10,14H,4,17H2,1-3H3/t14-/m0/s1. The van der Waals surface area contributed by atoms with Crippen LogP contribution < -0.4 is 10.5 Å². The molecule has 0 radical (unpaired) electrons. The van der Waals surface area contributed by atoms with Crippen molar-refractivity contribution in [1.82, 2.24) is 4.98 Å². The third-order valence-electron chi connectivity index (χ3n) is 3.15. The van der Waals surface area contributed by atoms with E-state index in [1.54, 1.807) is 6.20 Å². The fourth-order valence-electron chi connectivity index (χ4n) is 1.82. The molecule has 1 aromatic carbocycles. The van der Waals surface area contributed by atoms with Gasteiger partial charge in [-0.2, -0.15) is 0 Å². The van der Waals surface area contributed by atoms with Crippen molar-refractivity contribution in [2.45, 2.75) is 33.2 Å². The second-order valence-corrected chi connectivity index (χ2v) is 4.80. The summed E-state index contributed by atoms with van der Waals surface area (Å²) in [5, 5.41) is 0. The fraction of sp³-hybridized carbons (Fsp3) is 0.312. The Balaban J connectivity index is 2.17. The van der Waals surface area contributed by atoms with Crippen LogP contribution in [0.2, 0.25) is 0 Å². The molecule has 3 nitrogen and oxygen atoms in total. The van der Waals surface area contributed by atoms with E-state index in [1.807, 2.05) is 39.0 Å². The molecule has 0 bridgehead atoms. The Bertz CT molecular complexity index is 549. The summed E-state index contributed by atoms with van der Waals surface area (Å²) in [7, 11) is 0. The quantitative estimate of drug-likeness (QED) is 0.902. The molecule has 100 valence electrons. The molecular formula is C16H20N2O. The van der Waals surface area contributed by atoms with Gasteiger partial charge in [-0.25, -0.2) is 0 Å². The molecule has 2 N–H and O–H groups in total. The summed E-state index contributed by atoms with van der Waals surface area (Å²) in [5.74, 6) is 1.61. The van der Waals surface area contributed by atoms with E-state index in [0.717, 1.165) is 29.2 Å². The highest BCUT2D eigenvalue weighted by Crippen LogP contribution is 2.26. The minimum Gasteiger partial charge on any atom is -0.455 e. The molecule has 0 aliphatic carbocycles. The normalized spacial score (nSPS) is 12.2. The molecule has 0 unspecified atom stereocenters. The third-order valence-corrected chi connectivity index (χ3v) is 3.15. The number of benzene rings is 1. The van der Waals surface area contributed by atoms with E-state index in [-0.39, 0.29) is 6.04 Å². The second kappa shape index (κ2) is 5.85. The van der Waals surface area contributed by atoms with Crippen molar-refractivity contribution in [2.24, 2.45) is 5.73 Å². The van der Waals surface area contributed by atoms with E-state index < -0.39 is 0 Å². The van der Waals surface area contributed by atoms with E-state index in [1.165, 1.54) is 5.56 Å². The zero-order chi connectivity index (χ0) is 13.8. The average Bonchev–Trinajstić information content (AvgIpc) is 2.43. The first-order valence-electron chi connectivity index (χ1n) is 6.56. The lowest BCUT2D eigenvalue weighted by atomic mass is 10.1. The van der Waals surface area contributed by atoms with Crippen LogP contribution >= 0.6 is 0 Å². The van der Waals surface area contributed by atoms with Gasteiger partial charge in [0.05, 0.1) is 11.9 Å². The molecule has 3 heteroatoms. The number of ether oxygens (including phenoxy) is 1. The van der Waals surface area contributed by atoms with Crippen LogP contribution in [0.3, 0.4) is 0 Å². The smallest absolute Gasteiger partial charge is 0.145 e. The minimum atomic E-state index is -0.00486. The van der Waals surface area contributed by atoms with Gasteiger partial charge in [-0.3, -0.25) is 4.98 Å². The lowest BCUT2D eigenvalue weighted by molar-refractivity contribution is 0.475. The van der Waals surface area contributed by atoms with E-state index in [9.17, 15) is 0 Å². The molecule has 0 fully saturated rings. The molecule has 0 amide bonds. The van der Waals surface area contributed by atoms with E-state index >= 15 is 0 Å². The lowest BCUT2D eigenvalue weighted by Crippen LogP contribution is -2.10. The van der Waals surface area contributed by atoms with Crippen LogP contribution in [0.5, 0.6) is 11.5 Å². The van der Waals surface area contributed by atoms with Gasteiger partial charge in [-0.1, -0.05) is 19.1 Å². The molecule has 0 spiro atoms. The zero-order valence-electron chi connectivity index (χ0n) is 11.7. The lowest BCUT2D eigenvalue weighted by Gasteiger charge is -2.11. The van der Waals surface area contributed by atoms with Crippen LogP contribution in [0.4, 0.5) is 0 Å². The van der Waals surface area contributed by atoms with Crippen LogP contribution in [-0.2, 0) is 0 Å². The molecular weight excluding hydrogens is 236 g/mol. The van der Waals surface area contributed by atoms with Crippen molar-refractivity contribution in [3.05, 3.63) is 53.3 Å². The van der Waals surface area contributed by atoms with Crippen molar-refractivity contribution in [2.75, 3.05) is 0 Å². The van der Waals surface area contributed by atoms with Gasteiger partial charge in [0.15, 0.2) is 0 Å². The maximum absolute atomic E-state index is 5.94. The maximum Gasteiger partial charge on any atom is 0.145 e. The Hall–Kier alpha value is -1.87. The fourth-order valence-corrected chi connectivity index (χ4v) is 1.82. The van der Waals surface area contributed by atoms with E-state index in [2.05, 4.69) is 17.1 Å². The molecule has 0 saturated carbocycles. The van der Waals surface area contributed by atoms with Gasteiger partial charge in [0.2, 0.25) is 0 Å². The molecule has 1 heterocycles. The molecule has 0 aliphatic heterocycles. The van der Waals surface area contributed by atoms with Crippen molar-refractivity contribution < 1.29 is 4.74 Å². The number of nitrogens with two attached hydrogens (primary N) is 1. The molecule has 1 atom stereocenters. The van der Waals surface area contributed by atoms with Crippen LogP contribution in [0.15, 0.2) is 36.5 Å². The number of pyridine rings is 1. The highest BCUT2D eigenvalue weighted by Gasteiger charge is 2.06. The van der Waals surface area contributed by atoms with Gasteiger partial charge in [0.25, 0.3) is 0 Å². The summed E-state index contributed by atoms with van der Waals surface area (Å²) in [6, 6.07) is 9.99. The van der Waals surface area contributed by atoms with Crippen LogP contribution in [0.25, 0.3) is 0 Å². The third kappa shape index (κ3) is 3.32. The van der Waals surface area contributed by atoms with Crippen molar-refractivity contribution >= 4 is 0 Å². The summed E-state index contributed by atoms with van der Waals surface area (Å²) >= 11 is 0. The number of aryl methyl sites for hydroxylation is 2. The predicted molar refractivity (Wildman–Crippen MR) is 77.4 cm³/mol. The zero-order valence-corrected chi connectivity index (χ0v) is 11.7. The molecule has 19 heavy (non-hydrogen) atoms. The van der Waals surface area contributed by atoms with Crippen molar-refractivity contribution in [1.29, 1.82) is 0 Å². The Morgan fingerprint density at radius 2 is 2.00 bits per heavy atom. The monoisotopic (exact) mass is 256 g/mol. The van der Waals surface area contributed by atoms with Crippen LogP contribution in [-0.4, -0.2) is 4.98 Å². The summed E-state index contributed by atoms with van der Waals surface area (Å²) in [5.41, 5.74) is 9.13. The highest BCUT2D eigenvalue weighted by molar-refractivity contribution is 5.39. The number of hydrogen-bond donors (Lipinski definition) is 1. The Morgan fingerprint density at radius 1 is 1.21 bits per heavy atom. The Kier molecular flexibility index (Phi) is 4.17. The summed E-state index contributed by atoms with van der Waals surface area (Å²) in [6.07, 6.45) is 2.61. The first kappa shape index (κ1) is 13.6. The molecule has 2 aromatic rings. The van der Waals surface area contributed by atoms with E-state index in [0.29, 0.717) is 0 Å². The van der Waals surface area contributed by atoms with Crippen molar-refractivity contribution in [3.8, 4) is 11.5 Å². The van der Waals surface area contributed by atoms with Gasteiger partial charge in [0, 0.05) is 6.04 Å². The SMILES string of the molecule is CC[C@H](N)c1ccc(Oc2cc(C)ccc2C)cn1. The number of rotatable bonds is 4. The Morgan fingerprint density at radius 3 is 2.63 bits per heavy atom. The molecule has 0 saturated heterocycles. The number of nitrogens with zero attached hydrogens (tertiary/aromatic N) is 1. The minimum absolute atomic E-state index is 0.00486. The average molecular weight is 256 g/mol. The molecule has 1 aromatic heterocycles. The van der Waals surface area contributed by atoms with Crippen LogP contribution in [0, 0.1) is 13.8 Å². The predicted octanol–water partition coefficient (Wildman–Crippen LogP) is 3.90. The molecule has 2 rings (SSSR count). The van der Waals surface area contributed by atoms with Crippen molar-refractivity contribution in [3.63, 3.8) is 0 Å². The van der Waals surface area contributed by atoms with Crippen LogP contribution in [0.1, 0.15) is 36.2 Å². The van der Waals surface area contributed by atoms with Gasteiger partial charge >= 0.3 is 0 Å². The second-order valence-electron chi connectivity index (χ2n) is 4.80. The van der Waals surface area contributed by atoms with Gasteiger partial charge in [-0.05, 0) is 49.6 Å². The largest absolute Gasteiger partial charge is 0.455 e. The highest BCUT2D eigenvalue weighted by atomic mass is 16.5. The summed E-state index contributed by atoms with van der Waals surface area (Å²) < 4.78 is 5.86. The number of aromatic nitrogens is 1. The van der Waals surface area contributed by atoms with Gasteiger partial charge in [-0.15, -0.1) is 0 Å². The topological polar surface area (TPSA) is 48.1 Å².